The summed E-state index contributed by atoms with van der Waals surface area (Å²) in [6, 6.07) is 13.7. The Bertz CT molecular complexity index is 656. The summed E-state index contributed by atoms with van der Waals surface area (Å²) in [5.74, 6) is -0.889. The van der Waals surface area contributed by atoms with Gasteiger partial charge in [-0.3, -0.25) is 0 Å². The first-order chi connectivity index (χ1) is 10.9. The van der Waals surface area contributed by atoms with E-state index in [0.29, 0.717) is 6.61 Å². The average molecular weight is 314 g/mol. The quantitative estimate of drug-likeness (QED) is 0.857. The number of aryl methyl sites for hydroxylation is 2. The fraction of sp³-hybridized carbons (Fsp3) is 0.316. The molecule has 0 radical (unpaired) electrons. The number of ether oxygens (including phenoxy) is 1. The summed E-state index contributed by atoms with van der Waals surface area (Å²) < 4.78 is 5.92. The Kier molecular flexibility index (Phi) is 5.40. The summed E-state index contributed by atoms with van der Waals surface area (Å²) in [5.41, 5.74) is 3.74. The van der Waals surface area contributed by atoms with Crippen molar-refractivity contribution < 1.29 is 19.7 Å². The number of hydrogen-bond donors (Lipinski definition) is 2. The summed E-state index contributed by atoms with van der Waals surface area (Å²) in [7, 11) is 0. The molecule has 0 aliphatic heterocycles. The number of aliphatic hydroxyl groups excluding tert-OH is 1. The molecule has 0 heterocycles. The van der Waals surface area contributed by atoms with Crippen molar-refractivity contribution in [3.63, 3.8) is 0 Å². The van der Waals surface area contributed by atoms with Gasteiger partial charge in [0.05, 0.1) is 0 Å². The second-order valence-electron chi connectivity index (χ2n) is 5.83. The fourth-order valence-electron chi connectivity index (χ4n) is 2.60. The topological polar surface area (TPSA) is 66.8 Å². The Morgan fingerprint density at radius 2 is 1.70 bits per heavy atom. The highest BCUT2D eigenvalue weighted by atomic mass is 16.5. The van der Waals surface area contributed by atoms with Crippen LogP contribution in [-0.4, -0.2) is 22.3 Å². The fourth-order valence-corrected chi connectivity index (χ4v) is 2.60. The highest BCUT2D eigenvalue weighted by Crippen LogP contribution is 2.30. The van der Waals surface area contributed by atoms with E-state index in [1.54, 1.807) is 6.92 Å². The van der Waals surface area contributed by atoms with Gasteiger partial charge in [0, 0.05) is 5.92 Å². The molecular weight excluding hydrogens is 292 g/mol. The first-order valence-electron chi connectivity index (χ1n) is 7.59. The molecule has 2 rings (SSSR count). The number of carboxylic acid groups (broad SMARTS) is 1. The smallest absolute Gasteiger partial charge is 0.333 e. The molecule has 0 aromatic heterocycles. The summed E-state index contributed by atoms with van der Waals surface area (Å²) in [4.78, 5) is 10.9. The lowest BCUT2D eigenvalue weighted by Gasteiger charge is -2.19. The van der Waals surface area contributed by atoms with Crippen LogP contribution in [0.25, 0.3) is 0 Å². The molecule has 4 heteroatoms. The molecule has 23 heavy (non-hydrogen) atoms. The summed E-state index contributed by atoms with van der Waals surface area (Å²) in [6.07, 6.45) is -1.41. The van der Waals surface area contributed by atoms with E-state index in [9.17, 15) is 9.90 Å². The van der Waals surface area contributed by atoms with Crippen molar-refractivity contribution in [3.8, 4) is 5.75 Å². The van der Waals surface area contributed by atoms with Gasteiger partial charge in [-0.15, -0.1) is 0 Å². The van der Waals surface area contributed by atoms with Gasteiger partial charge in [0.15, 0.2) is 6.10 Å². The van der Waals surface area contributed by atoms with Crippen LogP contribution in [0.15, 0.2) is 42.5 Å². The number of rotatable bonds is 6. The summed E-state index contributed by atoms with van der Waals surface area (Å²) >= 11 is 0. The van der Waals surface area contributed by atoms with E-state index in [2.05, 4.69) is 0 Å². The Morgan fingerprint density at radius 1 is 1.13 bits per heavy atom. The standard InChI is InChI=1S/C19H22O4/c1-12-9-16(14(3)17(20)19(21)22)10-13(2)18(12)23-11-15-7-5-4-6-8-15/h4-10,14,17,20H,11H2,1-3H3,(H,21,22). The third-order valence-corrected chi connectivity index (χ3v) is 3.96. The van der Waals surface area contributed by atoms with Crippen LogP contribution in [0.5, 0.6) is 5.75 Å². The first kappa shape index (κ1) is 17.0. The van der Waals surface area contributed by atoms with Crippen LogP contribution in [0.3, 0.4) is 0 Å². The molecule has 4 nitrogen and oxygen atoms in total. The van der Waals surface area contributed by atoms with Gasteiger partial charge < -0.3 is 14.9 Å². The molecule has 0 amide bonds. The normalized spacial score (nSPS) is 13.4. The number of hydrogen-bond acceptors (Lipinski definition) is 3. The molecule has 2 N–H and O–H groups in total. The van der Waals surface area contributed by atoms with Gasteiger partial charge in [-0.25, -0.2) is 4.79 Å². The zero-order valence-electron chi connectivity index (χ0n) is 13.6. The van der Waals surface area contributed by atoms with Crippen LogP contribution < -0.4 is 4.74 Å². The van der Waals surface area contributed by atoms with Crippen molar-refractivity contribution in [2.45, 2.75) is 39.4 Å². The number of aliphatic hydroxyl groups is 1. The minimum atomic E-state index is -1.41. The third-order valence-electron chi connectivity index (χ3n) is 3.96. The van der Waals surface area contributed by atoms with Gasteiger partial charge in [0.1, 0.15) is 12.4 Å². The van der Waals surface area contributed by atoms with Crippen molar-refractivity contribution in [3.05, 3.63) is 64.7 Å². The number of carboxylic acids is 1. The van der Waals surface area contributed by atoms with Gasteiger partial charge in [0.25, 0.3) is 0 Å². The van der Waals surface area contributed by atoms with Gasteiger partial charge in [-0.1, -0.05) is 49.4 Å². The minimum Gasteiger partial charge on any atom is -0.488 e. The second-order valence-corrected chi connectivity index (χ2v) is 5.83. The number of aliphatic carboxylic acids is 1. The van der Waals surface area contributed by atoms with Crippen LogP contribution in [0.1, 0.15) is 35.1 Å². The Morgan fingerprint density at radius 3 is 2.22 bits per heavy atom. The van der Waals surface area contributed by atoms with E-state index in [1.807, 2.05) is 56.3 Å². The van der Waals surface area contributed by atoms with Crippen molar-refractivity contribution in [2.75, 3.05) is 0 Å². The maximum atomic E-state index is 10.9. The SMILES string of the molecule is Cc1cc(C(C)C(O)C(=O)O)cc(C)c1OCc1ccccc1. The van der Waals surface area contributed by atoms with Gasteiger partial charge >= 0.3 is 5.97 Å². The van der Waals surface area contributed by atoms with Crippen LogP contribution in [0.4, 0.5) is 0 Å². The van der Waals surface area contributed by atoms with Gasteiger partial charge in [-0.2, -0.15) is 0 Å². The molecule has 0 saturated carbocycles. The van der Waals surface area contributed by atoms with Crippen molar-refractivity contribution in [1.29, 1.82) is 0 Å². The Hall–Kier alpha value is -2.33. The molecule has 2 unspecified atom stereocenters. The highest BCUT2D eigenvalue weighted by Gasteiger charge is 2.24. The van der Waals surface area contributed by atoms with E-state index >= 15 is 0 Å². The van der Waals surface area contributed by atoms with Crippen LogP contribution in [0, 0.1) is 13.8 Å². The predicted octanol–water partition coefficient (Wildman–Crippen LogP) is 3.43. The zero-order valence-corrected chi connectivity index (χ0v) is 13.6. The van der Waals surface area contributed by atoms with Crippen LogP contribution in [-0.2, 0) is 11.4 Å². The molecule has 122 valence electrons. The monoisotopic (exact) mass is 314 g/mol. The van der Waals surface area contributed by atoms with Crippen molar-refractivity contribution in [1.82, 2.24) is 0 Å². The van der Waals surface area contributed by atoms with Gasteiger partial charge in [0.2, 0.25) is 0 Å². The zero-order chi connectivity index (χ0) is 17.0. The predicted molar refractivity (Wildman–Crippen MR) is 88.7 cm³/mol. The third kappa shape index (κ3) is 4.11. The Labute approximate surface area is 136 Å². The molecule has 0 saturated heterocycles. The molecule has 2 aromatic carbocycles. The van der Waals surface area contributed by atoms with Crippen LogP contribution >= 0.6 is 0 Å². The highest BCUT2D eigenvalue weighted by molar-refractivity contribution is 5.73. The summed E-state index contributed by atoms with van der Waals surface area (Å²) in [5, 5.41) is 18.7. The lowest BCUT2D eigenvalue weighted by Crippen LogP contribution is -2.26. The molecule has 2 aromatic rings. The number of benzene rings is 2. The molecule has 0 spiro atoms. The molecule has 0 bridgehead atoms. The van der Waals surface area contributed by atoms with Crippen molar-refractivity contribution >= 4 is 5.97 Å². The molecule has 0 aliphatic carbocycles. The lowest BCUT2D eigenvalue weighted by molar-refractivity contribution is -0.147. The number of carbonyl (C=O) groups is 1. The molecule has 2 atom stereocenters. The average Bonchev–Trinajstić information content (AvgIpc) is 2.53. The molecule has 0 fully saturated rings. The van der Waals surface area contributed by atoms with E-state index in [0.717, 1.165) is 28.0 Å². The minimum absolute atomic E-state index is 0.479. The largest absolute Gasteiger partial charge is 0.488 e. The Balaban J connectivity index is 2.18. The maximum Gasteiger partial charge on any atom is 0.333 e. The second kappa shape index (κ2) is 7.29. The molecular formula is C19H22O4. The lowest BCUT2D eigenvalue weighted by atomic mass is 9.92. The van der Waals surface area contributed by atoms with Crippen LogP contribution in [0.2, 0.25) is 0 Å². The van der Waals surface area contributed by atoms with E-state index in [-0.39, 0.29) is 0 Å². The molecule has 0 aliphatic rings. The van der Waals surface area contributed by atoms with E-state index < -0.39 is 18.0 Å². The first-order valence-corrected chi connectivity index (χ1v) is 7.59. The van der Waals surface area contributed by atoms with E-state index in [1.165, 1.54) is 0 Å². The summed E-state index contributed by atoms with van der Waals surface area (Å²) in [6.45, 7) is 6.04. The van der Waals surface area contributed by atoms with Crippen molar-refractivity contribution in [2.24, 2.45) is 0 Å². The van der Waals surface area contributed by atoms with E-state index in [4.69, 9.17) is 9.84 Å². The maximum absolute atomic E-state index is 10.9. The van der Waals surface area contributed by atoms with Gasteiger partial charge in [-0.05, 0) is 36.1 Å².